The molecule has 1 rings (SSSR count). The van der Waals surface area contributed by atoms with Crippen molar-refractivity contribution >= 4 is 11.5 Å². The zero-order chi connectivity index (χ0) is 13.4. The van der Waals surface area contributed by atoms with Gasteiger partial charge in [0.15, 0.2) is 0 Å². The number of ether oxygens (including phenoxy) is 1. The van der Waals surface area contributed by atoms with Gasteiger partial charge in [-0.05, 0) is 12.8 Å². The second-order valence-corrected chi connectivity index (χ2v) is 3.59. The highest BCUT2D eigenvalue weighted by molar-refractivity contribution is 5.55. The number of unbranched alkanes of at least 4 members (excludes halogenated alkanes) is 1. The van der Waals surface area contributed by atoms with E-state index < -0.39 is 4.92 Å². The lowest BCUT2D eigenvalue weighted by Gasteiger charge is -2.06. The van der Waals surface area contributed by atoms with E-state index in [1.165, 1.54) is 6.07 Å². The molecule has 0 amide bonds. The Hall–Kier alpha value is -2.20. The summed E-state index contributed by atoms with van der Waals surface area (Å²) in [5, 5.41) is 22.4. The van der Waals surface area contributed by atoms with E-state index in [9.17, 15) is 10.1 Å². The number of nitriles is 1. The van der Waals surface area contributed by atoms with Crippen LogP contribution in [0.3, 0.4) is 0 Å². The molecule has 1 heterocycles. The van der Waals surface area contributed by atoms with Crippen molar-refractivity contribution in [1.29, 1.82) is 5.26 Å². The summed E-state index contributed by atoms with van der Waals surface area (Å²) < 4.78 is 4.91. The molecule has 0 spiro atoms. The first kappa shape index (κ1) is 13.9. The number of nitrogens with one attached hydrogen (secondary N) is 1. The Bertz CT molecular complexity index is 456. The third kappa shape index (κ3) is 3.99. The van der Waals surface area contributed by atoms with Crippen LogP contribution in [0.1, 0.15) is 18.4 Å². The van der Waals surface area contributed by atoms with E-state index in [1.54, 1.807) is 7.11 Å². The Kier molecular flexibility index (Phi) is 5.54. The van der Waals surface area contributed by atoms with Crippen LogP contribution in [0.2, 0.25) is 0 Å². The number of methoxy groups -OCH3 is 1. The number of hydrogen-bond acceptors (Lipinski definition) is 6. The van der Waals surface area contributed by atoms with Crippen molar-refractivity contribution in [2.45, 2.75) is 12.8 Å². The fourth-order valence-corrected chi connectivity index (χ4v) is 1.36. The van der Waals surface area contributed by atoms with Gasteiger partial charge in [-0.15, -0.1) is 0 Å². The topological polar surface area (TPSA) is 101 Å². The van der Waals surface area contributed by atoms with Crippen molar-refractivity contribution in [3.63, 3.8) is 0 Å². The molecule has 7 heteroatoms. The standard InChI is InChI=1S/C11H14N4O3/c1-18-5-3-2-4-13-11-9(7-12)6-10(8-14-11)15(16)17/h6,8H,2-5H2,1H3,(H,13,14). The fourth-order valence-electron chi connectivity index (χ4n) is 1.36. The van der Waals surface area contributed by atoms with E-state index in [4.69, 9.17) is 10.00 Å². The van der Waals surface area contributed by atoms with Crippen molar-refractivity contribution in [3.8, 4) is 6.07 Å². The molecule has 1 aromatic heterocycles. The van der Waals surface area contributed by atoms with Crippen LogP contribution in [0.25, 0.3) is 0 Å². The highest BCUT2D eigenvalue weighted by Crippen LogP contribution is 2.18. The van der Waals surface area contributed by atoms with Gasteiger partial charge in [-0.2, -0.15) is 5.26 Å². The molecule has 1 N–H and O–H groups in total. The summed E-state index contributed by atoms with van der Waals surface area (Å²) in [5.74, 6) is 0.375. The SMILES string of the molecule is COCCCCNc1ncc([N+](=O)[O-])cc1C#N. The molecule has 18 heavy (non-hydrogen) atoms. The summed E-state index contributed by atoms with van der Waals surface area (Å²) in [6.45, 7) is 1.32. The van der Waals surface area contributed by atoms with E-state index in [-0.39, 0.29) is 11.3 Å². The highest BCUT2D eigenvalue weighted by atomic mass is 16.6. The molecule has 0 aliphatic heterocycles. The second kappa shape index (κ2) is 7.19. The predicted octanol–water partition coefficient (Wildman–Crippen LogP) is 1.70. The minimum Gasteiger partial charge on any atom is -0.385 e. The molecule has 0 saturated carbocycles. The smallest absolute Gasteiger partial charge is 0.289 e. The van der Waals surface area contributed by atoms with E-state index in [0.29, 0.717) is 19.0 Å². The average molecular weight is 250 g/mol. The number of hydrogen-bond donors (Lipinski definition) is 1. The van der Waals surface area contributed by atoms with E-state index >= 15 is 0 Å². The Labute approximate surface area is 105 Å². The number of anilines is 1. The van der Waals surface area contributed by atoms with E-state index in [0.717, 1.165) is 19.0 Å². The van der Waals surface area contributed by atoms with E-state index in [1.807, 2.05) is 6.07 Å². The largest absolute Gasteiger partial charge is 0.385 e. The van der Waals surface area contributed by atoms with Gasteiger partial charge >= 0.3 is 0 Å². The zero-order valence-electron chi connectivity index (χ0n) is 10.0. The van der Waals surface area contributed by atoms with Gasteiger partial charge in [0.05, 0.1) is 4.92 Å². The van der Waals surface area contributed by atoms with Crippen LogP contribution in [0.15, 0.2) is 12.3 Å². The van der Waals surface area contributed by atoms with Gasteiger partial charge in [0.25, 0.3) is 5.69 Å². The predicted molar refractivity (Wildman–Crippen MR) is 65.2 cm³/mol. The van der Waals surface area contributed by atoms with Crippen molar-refractivity contribution in [2.24, 2.45) is 0 Å². The highest BCUT2D eigenvalue weighted by Gasteiger charge is 2.11. The molecule has 7 nitrogen and oxygen atoms in total. The number of pyridine rings is 1. The molecule has 0 saturated heterocycles. The number of nitrogens with zero attached hydrogens (tertiary/aromatic N) is 3. The lowest BCUT2D eigenvalue weighted by molar-refractivity contribution is -0.385. The van der Waals surface area contributed by atoms with Gasteiger partial charge in [0.2, 0.25) is 0 Å². The molecule has 96 valence electrons. The Morgan fingerprint density at radius 2 is 2.39 bits per heavy atom. The molecular weight excluding hydrogens is 236 g/mol. The van der Waals surface area contributed by atoms with E-state index in [2.05, 4.69) is 10.3 Å². The summed E-state index contributed by atoms with van der Waals surface area (Å²) in [7, 11) is 1.64. The van der Waals surface area contributed by atoms with Crippen molar-refractivity contribution < 1.29 is 9.66 Å². The van der Waals surface area contributed by atoms with Crippen molar-refractivity contribution in [3.05, 3.63) is 27.9 Å². The van der Waals surface area contributed by atoms with Crippen LogP contribution < -0.4 is 5.32 Å². The third-order valence-corrected chi connectivity index (χ3v) is 2.27. The first-order chi connectivity index (χ1) is 8.69. The fraction of sp³-hybridized carbons (Fsp3) is 0.455. The summed E-state index contributed by atoms with van der Waals surface area (Å²) in [6, 6.07) is 3.10. The summed E-state index contributed by atoms with van der Waals surface area (Å²) in [6.07, 6.45) is 2.91. The normalized spacial score (nSPS) is 9.78. The molecule has 0 aromatic carbocycles. The molecule has 0 radical (unpaired) electrons. The van der Waals surface area contributed by atoms with Crippen LogP contribution >= 0.6 is 0 Å². The Morgan fingerprint density at radius 3 is 3.00 bits per heavy atom. The monoisotopic (exact) mass is 250 g/mol. The molecule has 0 atom stereocenters. The summed E-state index contributed by atoms with van der Waals surface area (Å²) in [5.41, 5.74) is -0.00701. The van der Waals surface area contributed by atoms with Gasteiger partial charge in [-0.25, -0.2) is 4.98 Å². The Balaban J connectivity index is 2.61. The average Bonchev–Trinajstić information content (AvgIpc) is 2.38. The van der Waals surface area contributed by atoms with Crippen molar-refractivity contribution in [1.82, 2.24) is 4.98 Å². The van der Waals surface area contributed by atoms with Gasteiger partial charge in [0, 0.05) is 26.3 Å². The molecule has 0 aliphatic rings. The summed E-state index contributed by atoms with van der Waals surface area (Å²) >= 11 is 0. The van der Waals surface area contributed by atoms with Gasteiger partial charge in [0.1, 0.15) is 23.6 Å². The van der Waals surface area contributed by atoms with Gasteiger partial charge < -0.3 is 10.1 Å². The molecule has 0 unspecified atom stereocenters. The van der Waals surface area contributed by atoms with Gasteiger partial charge in [-0.1, -0.05) is 0 Å². The second-order valence-electron chi connectivity index (χ2n) is 3.59. The molecule has 1 aromatic rings. The third-order valence-electron chi connectivity index (χ3n) is 2.27. The van der Waals surface area contributed by atoms with Crippen LogP contribution in [-0.4, -0.2) is 30.2 Å². The lowest BCUT2D eigenvalue weighted by Crippen LogP contribution is -2.06. The Morgan fingerprint density at radius 1 is 1.61 bits per heavy atom. The first-order valence-corrected chi connectivity index (χ1v) is 5.46. The maximum Gasteiger partial charge on any atom is 0.289 e. The lowest BCUT2D eigenvalue weighted by atomic mass is 10.2. The number of rotatable bonds is 7. The van der Waals surface area contributed by atoms with Crippen LogP contribution in [0.4, 0.5) is 11.5 Å². The number of nitro groups is 1. The van der Waals surface area contributed by atoms with Crippen LogP contribution in [0.5, 0.6) is 0 Å². The minimum atomic E-state index is -0.573. The van der Waals surface area contributed by atoms with Crippen LogP contribution in [0, 0.1) is 21.4 Å². The molecule has 0 aliphatic carbocycles. The van der Waals surface area contributed by atoms with Crippen LogP contribution in [-0.2, 0) is 4.74 Å². The molecular formula is C11H14N4O3. The molecule has 0 bridgehead atoms. The molecule has 0 fully saturated rings. The minimum absolute atomic E-state index is 0.177. The van der Waals surface area contributed by atoms with Crippen molar-refractivity contribution in [2.75, 3.05) is 25.6 Å². The van der Waals surface area contributed by atoms with Gasteiger partial charge in [-0.3, -0.25) is 10.1 Å². The maximum absolute atomic E-state index is 10.5. The first-order valence-electron chi connectivity index (χ1n) is 5.46. The number of aromatic nitrogens is 1. The maximum atomic E-state index is 10.5. The quantitative estimate of drug-likeness (QED) is 0.449. The zero-order valence-corrected chi connectivity index (χ0v) is 10.0. The summed E-state index contributed by atoms with van der Waals surface area (Å²) in [4.78, 5) is 13.8.